The number of ether oxygens (including phenoxy) is 4. The standard InChI is InChI=1S/C42H66B2O8/c1-26(2)49-22-28-11-13-30(14-12-28)24-51-39(48)35(44)34(43)37(46)41(7,8)42(9,10)52-25-31-17-15-29(16-18-31)23-50-38(47)33-20-19-32(21-27(33)3)36(45)40(4,5)6/h19-20,26-31,34-35H,11-18,21-25H2,1-10H3. The summed E-state index contributed by atoms with van der Waals surface area (Å²) in [7, 11) is 12.5. The Bertz CT molecular complexity index is 1290. The van der Waals surface area contributed by atoms with Crippen LogP contribution in [0.25, 0.3) is 0 Å². The summed E-state index contributed by atoms with van der Waals surface area (Å²) in [5, 5.41) is 0. The Kier molecular flexibility index (Phi) is 16.1. The van der Waals surface area contributed by atoms with Crippen molar-refractivity contribution >= 4 is 39.2 Å². The molecule has 3 rings (SSSR count). The van der Waals surface area contributed by atoms with Crippen LogP contribution in [0.15, 0.2) is 23.3 Å². The van der Waals surface area contributed by atoms with E-state index in [-0.39, 0.29) is 48.0 Å². The highest BCUT2D eigenvalue weighted by atomic mass is 16.5. The first-order chi connectivity index (χ1) is 24.1. The van der Waals surface area contributed by atoms with Crippen molar-refractivity contribution in [3.8, 4) is 0 Å². The second-order valence-electron chi connectivity index (χ2n) is 18.2. The first kappa shape index (κ1) is 44.2. The van der Waals surface area contributed by atoms with Crippen LogP contribution in [0.3, 0.4) is 0 Å². The maximum absolute atomic E-state index is 13.7. The lowest BCUT2D eigenvalue weighted by Gasteiger charge is -2.43. The van der Waals surface area contributed by atoms with Gasteiger partial charge >= 0.3 is 5.97 Å². The van der Waals surface area contributed by atoms with Gasteiger partial charge < -0.3 is 18.9 Å². The number of hydrogen-bond donors (Lipinski definition) is 0. The Morgan fingerprint density at radius 1 is 0.712 bits per heavy atom. The minimum absolute atomic E-state index is 0.0687. The van der Waals surface area contributed by atoms with Crippen molar-refractivity contribution in [1.82, 2.24) is 0 Å². The molecular formula is C42H66B2O8. The van der Waals surface area contributed by atoms with Gasteiger partial charge in [0.05, 0.1) is 52.6 Å². The van der Waals surface area contributed by atoms with Gasteiger partial charge in [-0.05, 0) is 126 Å². The fourth-order valence-corrected chi connectivity index (χ4v) is 7.34. The van der Waals surface area contributed by atoms with Crippen LogP contribution in [0.2, 0.25) is 11.6 Å². The maximum Gasteiger partial charge on any atom is 0.334 e. The molecule has 10 heteroatoms. The van der Waals surface area contributed by atoms with E-state index in [1.54, 1.807) is 26.0 Å². The molecule has 0 amide bonds. The lowest BCUT2D eigenvalue weighted by atomic mass is 9.57. The molecule has 0 bridgehead atoms. The van der Waals surface area contributed by atoms with Crippen molar-refractivity contribution < 1.29 is 38.1 Å². The molecular weight excluding hydrogens is 654 g/mol. The van der Waals surface area contributed by atoms with Gasteiger partial charge in [-0.1, -0.05) is 53.7 Å². The maximum atomic E-state index is 13.7. The third kappa shape index (κ3) is 12.2. The van der Waals surface area contributed by atoms with Crippen molar-refractivity contribution in [2.24, 2.45) is 40.4 Å². The molecule has 0 aromatic carbocycles. The van der Waals surface area contributed by atoms with Crippen molar-refractivity contribution in [3.05, 3.63) is 23.3 Å². The second-order valence-corrected chi connectivity index (χ2v) is 18.2. The van der Waals surface area contributed by atoms with Gasteiger partial charge in [0.2, 0.25) is 0 Å². The quantitative estimate of drug-likeness (QED) is 0.110. The second kappa shape index (κ2) is 18.9. The molecule has 2 saturated carbocycles. The summed E-state index contributed by atoms with van der Waals surface area (Å²) in [4.78, 5) is 52.2. The third-order valence-electron chi connectivity index (χ3n) is 12.0. The Labute approximate surface area is 317 Å². The smallest absolute Gasteiger partial charge is 0.334 e. The highest BCUT2D eigenvalue weighted by Gasteiger charge is 2.47. The molecule has 8 nitrogen and oxygen atoms in total. The number of hydrogen-bond acceptors (Lipinski definition) is 8. The Hall–Kier alpha value is -2.19. The molecule has 2 fully saturated rings. The number of rotatable bonds is 17. The fourth-order valence-electron chi connectivity index (χ4n) is 7.34. The van der Waals surface area contributed by atoms with E-state index in [1.165, 1.54) is 0 Å². The molecule has 0 N–H and O–H groups in total. The number of carbonyl (C=O) groups is 4. The van der Waals surface area contributed by atoms with E-state index in [9.17, 15) is 19.2 Å². The summed E-state index contributed by atoms with van der Waals surface area (Å²) in [6, 6.07) is 0. The van der Waals surface area contributed by atoms with Gasteiger partial charge in [0.25, 0.3) is 5.97 Å². The van der Waals surface area contributed by atoms with Gasteiger partial charge in [-0.2, -0.15) is 0 Å². The summed E-state index contributed by atoms with van der Waals surface area (Å²) in [6.07, 6.45) is 12.0. The average Bonchev–Trinajstić information content (AvgIpc) is 3.10. The highest BCUT2D eigenvalue weighted by molar-refractivity contribution is 6.36. The molecule has 0 saturated heterocycles. The molecule has 4 radical (unpaired) electrons. The highest BCUT2D eigenvalue weighted by Crippen LogP contribution is 2.42. The molecule has 0 heterocycles. The largest absolute Gasteiger partial charge is 0.466 e. The Morgan fingerprint density at radius 3 is 1.67 bits per heavy atom. The van der Waals surface area contributed by atoms with Crippen molar-refractivity contribution in [3.63, 3.8) is 0 Å². The third-order valence-corrected chi connectivity index (χ3v) is 12.0. The number of esters is 2. The molecule has 0 spiro atoms. The minimum atomic E-state index is -1.26. The normalized spacial score (nSPS) is 25.8. The lowest BCUT2D eigenvalue weighted by molar-refractivity contribution is -0.155. The zero-order valence-electron chi connectivity index (χ0n) is 33.9. The van der Waals surface area contributed by atoms with Gasteiger partial charge in [0.15, 0.2) is 5.78 Å². The van der Waals surface area contributed by atoms with E-state index in [0.29, 0.717) is 37.0 Å². The fraction of sp³-hybridized carbons (Fsp3) is 0.810. The first-order valence-corrected chi connectivity index (χ1v) is 19.7. The molecule has 52 heavy (non-hydrogen) atoms. The van der Waals surface area contributed by atoms with Gasteiger partial charge in [0, 0.05) is 23.4 Å². The SMILES string of the molecule is [B]C(C(=O)OCC1CCC(COC(C)C)CC1)C([B])C(=O)C(C)(C)C(C)(C)OCC1CCC(COC(=O)C2=CC=C(C(=O)C(C)(C)C)CC2C)CC1. The van der Waals surface area contributed by atoms with Gasteiger partial charge in [-0.25, -0.2) is 4.79 Å². The monoisotopic (exact) mass is 720 g/mol. The Morgan fingerprint density at radius 2 is 1.19 bits per heavy atom. The molecule has 0 aromatic rings. The predicted molar refractivity (Wildman–Crippen MR) is 206 cm³/mol. The van der Waals surface area contributed by atoms with Crippen LogP contribution in [0.1, 0.15) is 127 Å². The van der Waals surface area contributed by atoms with Crippen LogP contribution in [0.4, 0.5) is 0 Å². The van der Waals surface area contributed by atoms with E-state index in [0.717, 1.165) is 63.5 Å². The summed E-state index contributed by atoms with van der Waals surface area (Å²) in [5.74, 6) is -2.33. The van der Waals surface area contributed by atoms with Crippen LogP contribution in [-0.2, 0) is 38.1 Å². The molecule has 3 aliphatic carbocycles. The summed E-state index contributed by atoms with van der Waals surface area (Å²) in [6.45, 7) is 21.0. The van der Waals surface area contributed by atoms with E-state index in [4.69, 9.17) is 34.6 Å². The van der Waals surface area contributed by atoms with Gasteiger partial charge in [0.1, 0.15) is 5.78 Å². The van der Waals surface area contributed by atoms with Gasteiger partial charge in [-0.3, -0.25) is 14.4 Å². The van der Waals surface area contributed by atoms with Crippen molar-refractivity contribution in [2.75, 3.05) is 26.4 Å². The Balaban J connectivity index is 1.40. The van der Waals surface area contributed by atoms with Gasteiger partial charge in [-0.15, -0.1) is 0 Å². The zero-order valence-corrected chi connectivity index (χ0v) is 33.9. The molecule has 3 unspecified atom stereocenters. The number of ketones is 2. The molecule has 0 aliphatic heterocycles. The van der Waals surface area contributed by atoms with E-state index in [2.05, 4.69) is 0 Å². The van der Waals surface area contributed by atoms with Crippen LogP contribution in [0.5, 0.6) is 0 Å². The predicted octanol–water partition coefficient (Wildman–Crippen LogP) is 7.92. The van der Waals surface area contributed by atoms with Crippen molar-refractivity contribution in [2.45, 2.75) is 150 Å². The van der Waals surface area contributed by atoms with Crippen LogP contribution in [-0.4, -0.2) is 77.3 Å². The first-order valence-electron chi connectivity index (χ1n) is 19.7. The molecule has 3 atom stereocenters. The number of Topliss-reactive ketones (excluding diaryl/α,β-unsaturated/α-hetero) is 2. The number of allylic oxidation sites excluding steroid dienone is 3. The average molecular weight is 721 g/mol. The minimum Gasteiger partial charge on any atom is -0.466 e. The van der Waals surface area contributed by atoms with E-state index < -0.39 is 34.0 Å². The molecule has 3 aliphatic rings. The summed E-state index contributed by atoms with van der Waals surface area (Å²) < 4.78 is 23.5. The number of carbonyl (C=O) groups excluding carboxylic acids is 4. The van der Waals surface area contributed by atoms with Crippen LogP contribution in [0, 0.1) is 40.4 Å². The zero-order chi connectivity index (χ0) is 39.0. The van der Waals surface area contributed by atoms with Crippen LogP contribution >= 0.6 is 0 Å². The lowest BCUT2D eigenvalue weighted by Crippen LogP contribution is -2.50. The summed E-state index contributed by atoms with van der Waals surface area (Å²) in [5.41, 5.74) is -0.969. The van der Waals surface area contributed by atoms with E-state index in [1.807, 2.05) is 55.4 Å². The topological polar surface area (TPSA) is 105 Å². The van der Waals surface area contributed by atoms with Crippen molar-refractivity contribution in [1.29, 1.82) is 0 Å². The van der Waals surface area contributed by atoms with E-state index >= 15 is 0 Å². The molecule has 288 valence electrons. The molecule has 0 aromatic heterocycles. The van der Waals surface area contributed by atoms with Crippen LogP contribution < -0.4 is 0 Å². The summed E-state index contributed by atoms with van der Waals surface area (Å²) >= 11 is 0.